The molecule has 126 valence electrons. The summed E-state index contributed by atoms with van der Waals surface area (Å²) in [5.41, 5.74) is -2.48. The third-order valence-electron chi connectivity index (χ3n) is 4.45. The van der Waals surface area contributed by atoms with E-state index in [1.54, 1.807) is 19.9 Å². The lowest BCUT2D eigenvalue weighted by Gasteiger charge is -2.36. The molecule has 0 saturated carbocycles. The summed E-state index contributed by atoms with van der Waals surface area (Å²) in [7, 11) is 0. The average molecular weight is 324 g/mol. The fourth-order valence-electron chi connectivity index (χ4n) is 2.51. The lowest BCUT2D eigenvalue weighted by molar-refractivity contribution is -0.139. The minimum atomic E-state index is -1.52. The molecule has 2 atom stereocenters. The van der Waals surface area contributed by atoms with Crippen LogP contribution in [0.2, 0.25) is 0 Å². The van der Waals surface area contributed by atoms with E-state index in [-0.39, 0.29) is 18.7 Å². The van der Waals surface area contributed by atoms with Crippen molar-refractivity contribution in [3.05, 3.63) is 30.1 Å². The van der Waals surface area contributed by atoms with E-state index in [1.165, 1.54) is 25.1 Å². The van der Waals surface area contributed by atoms with Crippen LogP contribution in [0.3, 0.4) is 0 Å². The number of aliphatic hydroxyl groups is 1. The normalized spacial score (nSPS) is 27.0. The summed E-state index contributed by atoms with van der Waals surface area (Å²) in [5, 5.41) is 13.0. The standard InChI is InChI=1S/C16H21FN2O4/c1-4-15(2)16(3,22)19(14(21)23-15)10-9-13(20)18-12-8-6-5-7-11(12)17/h5-8,22H,4,9-10H2,1-3H3,(H,18,20)/t15-,16-/m1/s1. The van der Waals surface area contributed by atoms with Gasteiger partial charge in [-0.15, -0.1) is 0 Å². The number of nitrogens with one attached hydrogen (secondary N) is 1. The summed E-state index contributed by atoms with van der Waals surface area (Å²) in [4.78, 5) is 25.0. The fraction of sp³-hybridized carbons (Fsp3) is 0.500. The molecular formula is C16H21FN2O4. The molecule has 0 spiro atoms. The number of halogens is 1. The molecule has 6 nitrogen and oxygen atoms in total. The molecule has 0 unspecified atom stereocenters. The molecule has 1 heterocycles. The Morgan fingerprint density at radius 1 is 1.39 bits per heavy atom. The van der Waals surface area contributed by atoms with Gasteiger partial charge >= 0.3 is 6.09 Å². The molecule has 1 aliphatic heterocycles. The molecule has 2 rings (SSSR count). The number of benzene rings is 1. The van der Waals surface area contributed by atoms with Crippen molar-refractivity contribution < 1.29 is 23.8 Å². The Morgan fingerprint density at radius 3 is 2.61 bits per heavy atom. The first-order valence-electron chi connectivity index (χ1n) is 7.48. The van der Waals surface area contributed by atoms with Gasteiger partial charge in [-0.05, 0) is 32.4 Å². The van der Waals surface area contributed by atoms with Gasteiger partial charge in [0.2, 0.25) is 5.91 Å². The molecule has 2 amide bonds. The van der Waals surface area contributed by atoms with Gasteiger partial charge in [0.25, 0.3) is 0 Å². The fourth-order valence-corrected chi connectivity index (χ4v) is 2.51. The predicted octanol–water partition coefficient (Wildman–Crippen LogP) is 2.48. The number of hydrogen-bond acceptors (Lipinski definition) is 4. The van der Waals surface area contributed by atoms with E-state index in [9.17, 15) is 19.1 Å². The second kappa shape index (κ2) is 6.16. The van der Waals surface area contributed by atoms with Gasteiger partial charge in [0.05, 0.1) is 5.69 Å². The number of cyclic esters (lactones) is 1. The van der Waals surface area contributed by atoms with Crippen molar-refractivity contribution in [3.8, 4) is 0 Å². The third-order valence-corrected chi connectivity index (χ3v) is 4.45. The maximum absolute atomic E-state index is 13.5. The maximum Gasteiger partial charge on any atom is 0.412 e. The maximum atomic E-state index is 13.5. The van der Waals surface area contributed by atoms with Crippen LogP contribution in [-0.2, 0) is 9.53 Å². The van der Waals surface area contributed by atoms with Crippen LogP contribution in [0.1, 0.15) is 33.6 Å². The second-order valence-electron chi connectivity index (χ2n) is 5.90. The van der Waals surface area contributed by atoms with Crippen LogP contribution in [0.25, 0.3) is 0 Å². The lowest BCUT2D eigenvalue weighted by atomic mass is 9.91. The van der Waals surface area contributed by atoms with E-state index in [4.69, 9.17) is 4.74 Å². The van der Waals surface area contributed by atoms with Gasteiger partial charge in [-0.1, -0.05) is 19.1 Å². The van der Waals surface area contributed by atoms with Crippen LogP contribution >= 0.6 is 0 Å². The molecule has 1 aromatic rings. The molecular weight excluding hydrogens is 303 g/mol. The van der Waals surface area contributed by atoms with Gasteiger partial charge in [0.1, 0.15) is 5.82 Å². The Hall–Kier alpha value is -2.15. The smallest absolute Gasteiger partial charge is 0.412 e. The predicted molar refractivity (Wildman–Crippen MR) is 82.2 cm³/mol. The van der Waals surface area contributed by atoms with E-state index < -0.39 is 29.1 Å². The highest BCUT2D eigenvalue weighted by molar-refractivity contribution is 5.91. The number of carbonyl (C=O) groups is 2. The zero-order valence-corrected chi connectivity index (χ0v) is 13.4. The van der Waals surface area contributed by atoms with E-state index in [1.807, 2.05) is 0 Å². The number of ether oxygens (including phenoxy) is 1. The molecule has 0 aliphatic carbocycles. The highest BCUT2D eigenvalue weighted by Crippen LogP contribution is 2.39. The van der Waals surface area contributed by atoms with Gasteiger partial charge in [-0.3, -0.25) is 9.69 Å². The summed E-state index contributed by atoms with van der Waals surface area (Å²) in [6, 6.07) is 5.81. The summed E-state index contributed by atoms with van der Waals surface area (Å²) in [5.74, 6) is -0.990. The van der Waals surface area contributed by atoms with E-state index in [0.29, 0.717) is 6.42 Å². The largest absolute Gasteiger partial charge is 0.438 e. The highest BCUT2D eigenvalue weighted by atomic mass is 19.1. The number of para-hydroxylation sites is 1. The zero-order chi connectivity index (χ0) is 17.3. The molecule has 0 bridgehead atoms. The summed E-state index contributed by atoms with van der Waals surface area (Å²) in [6.07, 6.45) is -0.318. The Balaban J connectivity index is 1.99. The van der Waals surface area contributed by atoms with Crippen molar-refractivity contribution in [1.29, 1.82) is 0 Å². The molecule has 0 aromatic heterocycles. The number of amides is 2. The average Bonchev–Trinajstić information content (AvgIpc) is 2.65. The van der Waals surface area contributed by atoms with Crippen LogP contribution in [-0.4, -0.2) is 39.9 Å². The Labute approximate surface area is 134 Å². The van der Waals surface area contributed by atoms with Gasteiger partial charge < -0.3 is 15.2 Å². The number of hydrogen-bond donors (Lipinski definition) is 2. The molecule has 1 aliphatic rings. The van der Waals surface area contributed by atoms with E-state index in [0.717, 1.165) is 4.90 Å². The van der Waals surface area contributed by atoms with Gasteiger partial charge in [0, 0.05) is 13.0 Å². The number of nitrogens with zero attached hydrogens (tertiary/aromatic N) is 1. The summed E-state index contributed by atoms with van der Waals surface area (Å²) >= 11 is 0. The Morgan fingerprint density at radius 2 is 2.04 bits per heavy atom. The lowest BCUT2D eigenvalue weighted by Crippen LogP contribution is -2.55. The van der Waals surface area contributed by atoms with E-state index in [2.05, 4.69) is 5.32 Å². The van der Waals surface area contributed by atoms with Crippen molar-refractivity contribution in [1.82, 2.24) is 4.90 Å². The quantitative estimate of drug-likeness (QED) is 0.872. The van der Waals surface area contributed by atoms with Gasteiger partial charge in [-0.2, -0.15) is 0 Å². The minimum absolute atomic E-state index is 0.0261. The van der Waals surface area contributed by atoms with Crippen molar-refractivity contribution in [2.45, 2.75) is 44.9 Å². The zero-order valence-electron chi connectivity index (χ0n) is 13.4. The minimum Gasteiger partial charge on any atom is -0.438 e. The summed E-state index contributed by atoms with van der Waals surface area (Å²) < 4.78 is 18.7. The van der Waals surface area contributed by atoms with Crippen LogP contribution < -0.4 is 5.32 Å². The SMILES string of the molecule is CC[C@@]1(C)OC(=O)N(CCC(=O)Nc2ccccc2F)[C@]1(C)O. The first kappa shape index (κ1) is 17.2. The van der Waals surface area contributed by atoms with E-state index >= 15 is 0 Å². The van der Waals surface area contributed by atoms with Crippen molar-refractivity contribution >= 4 is 17.7 Å². The first-order valence-corrected chi connectivity index (χ1v) is 7.48. The van der Waals surface area contributed by atoms with Crippen molar-refractivity contribution in [3.63, 3.8) is 0 Å². The van der Waals surface area contributed by atoms with Gasteiger partial charge in [0.15, 0.2) is 11.3 Å². The topological polar surface area (TPSA) is 78.9 Å². The number of rotatable bonds is 5. The number of anilines is 1. The molecule has 1 aromatic carbocycles. The van der Waals surface area contributed by atoms with Crippen LogP contribution in [0.4, 0.5) is 14.9 Å². The van der Waals surface area contributed by atoms with Gasteiger partial charge in [-0.25, -0.2) is 9.18 Å². The first-order chi connectivity index (χ1) is 10.7. The van der Waals surface area contributed by atoms with Crippen LogP contribution in [0.5, 0.6) is 0 Å². The second-order valence-corrected chi connectivity index (χ2v) is 5.90. The molecule has 23 heavy (non-hydrogen) atoms. The van der Waals surface area contributed by atoms with Crippen LogP contribution in [0, 0.1) is 5.82 Å². The molecule has 1 saturated heterocycles. The monoisotopic (exact) mass is 324 g/mol. The molecule has 2 N–H and O–H groups in total. The number of carbonyl (C=O) groups excluding carboxylic acids is 2. The van der Waals surface area contributed by atoms with Crippen molar-refractivity contribution in [2.75, 3.05) is 11.9 Å². The summed E-state index contributed by atoms with van der Waals surface area (Å²) in [6.45, 7) is 4.90. The Bertz CT molecular complexity index is 620. The molecule has 7 heteroatoms. The third kappa shape index (κ3) is 3.14. The Kier molecular flexibility index (Phi) is 4.61. The van der Waals surface area contributed by atoms with Crippen LogP contribution in [0.15, 0.2) is 24.3 Å². The molecule has 0 radical (unpaired) electrons. The van der Waals surface area contributed by atoms with Crippen molar-refractivity contribution in [2.24, 2.45) is 0 Å². The molecule has 1 fully saturated rings. The highest BCUT2D eigenvalue weighted by Gasteiger charge is 2.58.